The van der Waals surface area contributed by atoms with Crippen LogP contribution < -0.4 is 10.1 Å². The number of anilines is 1. The Morgan fingerprint density at radius 3 is 2.33 bits per heavy atom. The summed E-state index contributed by atoms with van der Waals surface area (Å²) in [7, 11) is 1.66. The molecule has 0 atom stereocenters. The number of benzene rings is 2. The fourth-order valence-corrected chi connectivity index (χ4v) is 4.09. The number of hydrogen-bond acceptors (Lipinski definition) is 6. The van der Waals surface area contributed by atoms with Gasteiger partial charge in [-0.15, -0.1) is 0 Å². The molecule has 6 nitrogen and oxygen atoms in total. The van der Waals surface area contributed by atoms with Crippen LogP contribution in [0.4, 0.5) is 5.69 Å². The Morgan fingerprint density at radius 1 is 0.970 bits per heavy atom. The van der Waals surface area contributed by atoms with Gasteiger partial charge in [-0.05, 0) is 86.7 Å². The van der Waals surface area contributed by atoms with Crippen molar-refractivity contribution in [2.75, 3.05) is 32.1 Å². The zero-order chi connectivity index (χ0) is 23.1. The molecule has 3 aromatic rings. The molecule has 1 fully saturated rings. The summed E-state index contributed by atoms with van der Waals surface area (Å²) in [6.07, 6.45) is 3.58. The summed E-state index contributed by atoms with van der Waals surface area (Å²) in [5, 5.41) is 22.4. The van der Waals surface area contributed by atoms with Crippen LogP contribution in [0.25, 0.3) is 11.3 Å². The highest BCUT2D eigenvalue weighted by molar-refractivity contribution is 5.59. The van der Waals surface area contributed by atoms with Crippen molar-refractivity contribution in [2.45, 2.75) is 44.8 Å². The van der Waals surface area contributed by atoms with Crippen molar-refractivity contribution in [1.29, 1.82) is 0 Å². The molecule has 0 aliphatic carbocycles. The number of nitrogens with one attached hydrogen (secondary N) is 1. The fourth-order valence-electron chi connectivity index (χ4n) is 4.09. The van der Waals surface area contributed by atoms with Crippen molar-refractivity contribution in [3.05, 3.63) is 71.9 Å². The summed E-state index contributed by atoms with van der Waals surface area (Å²) in [5.74, 6) is 0.836. The van der Waals surface area contributed by atoms with Gasteiger partial charge in [0, 0.05) is 37.4 Å². The van der Waals surface area contributed by atoms with Gasteiger partial charge in [0.05, 0.1) is 24.1 Å². The molecule has 2 N–H and O–H groups in total. The first-order valence-electron chi connectivity index (χ1n) is 11.8. The smallest absolute Gasteiger partial charge is 0.118 e. The van der Waals surface area contributed by atoms with Crippen LogP contribution in [0.2, 0.25) is 0 Å². The second kappa shape index (κ2) is 10.8. The van der Waals surface area contributed by atoms with E-state index >= 15 is 0 Å². The second-order valence-corrected chi connectivity index (χ2v) is 9.14. The lowest BCUT2D eigenvalue weighted by molar-refractivity contribution is -0.00729. The standard InChI is InChI=1S/C27H34N4O2/c1-27(32)15-18-31(19-16-27)20-21-5-9-23(10-6-21)28-17-3-4-24-11-14-26(30-29-24)22-7-12-25(33-2)13-8-22/h5-14,28,32H,3-4,15-20H2,1-2H3. The maximum Gasteiger partial charge on any atom is 0.118 e. The molecule has 0 amide bonds. The first-order chi connectivity index (χ1) is 16.0. The largest absolute Gasteiger partial charge is 0.497 e. The Labute approximate surface area is 196 Å². The van der Waals surface area contributed by atoms with Crippen molar-refractivity contribution in [2.24, 2.45) is 0 Å². The van der Waals surface area contributed by atoms with E-state index in [1.807, 2.05) is 37.3 Å². The summed E-state index contributed by atoms with van der Waals surface area (Å²) in [6.45, 7) is 5.69. The van der Waals surface area contributed by atoms with E-state index in [1.165, 1.54) is 5.56 Å². The van der Waals surface area contributed by atoms with Crippen molar-refractivity contribution in [3.8, 4) is 17.0 Å². The molecule has 33 heavy (non-hydrogen) atoms. The SMILES string of the molecule is COc1ccc(-c2ccc(CCCNc3ccc(CN4CCC(C)(O)CC4)cc3)nn2)cc1. The van der Waals surface area contributed by atoms with Gasteiger partial charge in [0.25, 0.3) is 0 Å². The van der Waals surface area contributed by atoms with Gasteiger partial charge in [-0.1, -0.05) is 12.1 Å². The number of methoxy groups -OCH3 is 1. The van der Waals surface area contributed by atoms with Crippen LogP contribution in [0.1, 0.15) is 37.4 Å². The number of piperidine rings is 1. The normalized spacial score (nSPS) is 15.8. The minimum Gasteiger partial charge on any atom is -0.497 e. The van der Waals surface area contributed by atoms with Gasteiger partial charge in [-0.2, -0.15) is 10.2 Å². The first kappa shape index (κ1) is 23.2. The first-order valence-corrected chi connectivity index (χ1v) is 11.8. The Bertz CT molecular complexity index is 992. The van der Waals surface area contributed by atoms with E-state index in [4.69, 9.17) is 4.74 Å². The van der Waals surface area contributed by atoms with Crippen LogP contribution in [-0.2, 0) is 13.0 Å². The predicted molar refractivity (Wildman–Crippen MR) is 132 cm³/mol. The van der Waals surface area contributed by atoms with Gasteiger partial charge in [0.2, 0.25) is 0 Å². The number of aromatic nitrogens is 2. The van der Waals surface area contributed by atoms with Crippen molar-refractivity contribution in [3.63, 3.8) is 0 Å². The minimum absolute atomic E-state index is 0.492. The third-order valence-corrected chi connectivity index (χ3v) is 6.34. The third kappa shape index (κ3) is 6.76. The van der Waals surface area contributed by atoms with Crippen molar-refractivity contribution >= 4 is 5.69 Å². The average molecular weight is 447 g/mol. The molecule has 0 saturated carbocycles. The molecule has 1 aliphatic rings. The van der Waals surface area contributed by atoms with Gasteiger partial charge < -0.3 is 15.2 Å². The highest BCUT2D eigenvalue weighted by Gasteiger charge is 2.27. The Kier molecular flexibility index (Phi) is 7.57. The molecule has 2 heterocycles. The van der Waals surface area contributed by atoms with Crippen LogP contribution in [0.15, 0.2) is 60.7 Å². The van der Waals surface area contributed by atoms with E-state index in [2.05, 4.69) is 50.7 Å². The summed E-state index contributed by atoms with van der Waals surface area (Å²) < 4.78 is 5.20. The molecule has 0 radical (unpaired) electrons. The minimum atomic E-state index is -0.492. The molecule has 2 aromatic carbocycles. The molecule has 4 rings (SSSR count). The summed E-state index contributed by atoms with van der Waals surface area (Å²) >= 11 is 0. The zero-order valence-electron chi connectivity index (χ0n) is 19.6. The monoisotopic (exact) mass is 446 g/mol. The number of ether oxygens (including phenoxy) is 1. The average Bonchev–Trinajstić information content (AvgIpc) is 2.85. The fraction of sp³-hybridized carbons (Fsp3) is 0.407. The second-order valence-electron chi connectivity index (χ2n) is 9.14. The van der Waals surface area contributed by atoms with Gasteiger partial charge in [0.1, 0.15) is 5.75 Å². The molecule has 0 unspecified atom stereocenters. The molecule has 174 valence electrons. The van der Waals surface area contributed by atoms with Gasteiger partial charge >= 0.3 is 0 Å². The molecule has 1 aromatic heterocycles. The third-order valence-electron chi connectivity index (χ3n) is 6.34. The van der Waals surface area contributed by atoms with Gasteiger partial charge in [0.15, 0.2) is 0 Å². The summed E-state index contributed by atoms with van der Waals surface area (Å²) in [6, 6.07) is 20.6. The van der Waals surface area contributed by atoms with Gasteiger partial charge in [-0.25, -0.2) is 0 Å². The van der Waals surface area contributed by atoms with Crippen LogP contribution in [-0.4, -0.2) is 52.5 Å². The topological polar surface area (TPSA) is 70.5 Å². The lowest BCUT2D eigenvalue weighted by atomic mass is 9.93. The number of rotatable bonds is 9. The van der Waals surface area contributed by atoms with Gasteiger partial charge in [-0.3, -0.25) is 4.90 Å². The number of hydrogen-bond donors (Lipinski definition) is 2. The summed E-state index contributed by atoms with van der Waals surface area (Å²) in [5.41, 5.74) is 4.87. The van der Waals surface area contributed by atoms with E-state index in [9.17, 15) is 5.11 Å². The lowest BCUT2D eigenvalue weighted by Crippen LogP contribution is -2.41. The van der Waals surface area contributed by atoms with E-state index in [1.54, 1.807) is 7.11 Å². The van der Waals surface area contributed by atoms with Crippen molar-refractivity contribution < 1.29 is 9.84 Å². The molecular weight excluding hydrogens is 412 g/mol. The van der Waals surface area contributed by atoms with E-state index in [-0.39, 0.29) is 0 Å². The molecule has 0 bridgehead atoms. The van der Waals surface area contributed by atoms with Crippen LogP contribution in [0, 0.1) is 0 Å². The Balaban J connectivity index is 1.18. The number of aryl methyl sites for hydroxylation is 1. The highest BCUT2D eigenvalue weighted by Crippen LogP contribution is 2.23. The van der Waals surface area contributed by atoms with E-state index < -0.39 is 5.60 Å². The number of likely N-dealkylation sites (tertiary alicyclic amines) is 1. The maximum atomic E-state index is 10.1. The zero-order valence-corrected chi connectivity index (χ0v) is 19.6. The molecule has 6 heteroatoms. The quantitative estimate of drug-likeness (QED) is 0.470. The number of nitrogens with zero attached hydrogens (tertiary/aromatic N) is 3. The van der Waals surface area contributed by atoms with Crippen LogP contribution in [0.3, 0.4) is 0 Å². The Hall–Kier alpha value is -2.96. The number of aliphatic hydroxyl groups is 1. The van der Waals surface area contributed by atoms with Crippen LogP contribution in [0.5, 0.6) is 5.75 Å². The molecule has 1 aliphatic heterocycles. The van der Waals surface area contributed by atoms with E-state index in [0.717, 1.165) is 80.3 Å². The summed E-state index contributed by atoms with van der Waals surface area (Å²) in [4.78, 5) is 2.42. The van der Waals surface area contributed by atoms with Crippen molar-refractivity contribution in [1.82, 2.24) is 15.1 Å². The van der Waals surface area contributed by atoms with E-state index in [0.29, 0.717) is 0 Å². The molecule has 0 spiro atoms. The molecule has 1 saturated heterocycles. The maximum absolute atomic E-state index is 10.1. The van der Waals surface area contributed by atoms with Crippen LogP contribution >= 0.6 is 0 Å². The lowest BCUT2D eigenvalue weighted by Gasteiger charge is -2.35. The Morgan fingerprint density at radius 2 is 1.70 bits per heavy atom. The predicted octanol–water partition coefficient (Wildman–Crippen LogP) is 4.54. The molecular formula is C27H34N4O2. The highest BCUT2D eigenvalue weighted by atomic mass is 16.5.